The first-order chi connectivity index (χ1) is 8.83. The SMILES string of the molecule is Cl.NC1CCC(N(CC2CC2)c2ccccc2)CC1. The number of nitrogens with zero attached hydrogens (tertiary/aromatic N) is 1. The molecule has 19 heavy (non-hydrogen) atoms. The van der Waals surface area contributed by atoms with E-state index >= 15 is 0 Å². The smallest absolute Gasteiger partial charge is 0.0368 e. The third-order valence-corrected chi connectivity index (χ3v) is 4.42. The molecular formula is C16H25ClN2. The molecule has 2 saturated carbocycles. The maximum absolute atomic E-state index is 6.03. The van der Waals surface area contributed by atoms with Crippen LogP contribution in [-0.2, 0) is 0 Å². The van der Waals surface area contributed by atoms with Gasteiger partial charge in [0.25, 0.3) is 0 Å². The highest BCUT2D eigenvalue weighted by molar-refractivity contribution is 5.85. The number of nitrogens with two attached hydrogens (primary N) is 1. The molecule has 0 bridgehead atoms. The van der Waals surface area contributed by atoms with Gasteiger partial charge in [-0.15, -0.1) is 12.4 Å². The lowest BCUT2D eigenvalue weighted by Gasteiger charge is -2.38. The second-order valence-electron chi connectivity index (χ2n) is 6.00. The Hall–Kier alpha value is -0.730. The van der Waals surface area contributed by atoms with E-state index in [0.29, 0.717) is 12.1 Å². The van der Waals surface area contributed by atoms with Gasteiger partial charge in [0.05, 0.1) is 0 Å². The van der Waals surface area contributed by atoms with Gasteiger partial charge in [-0.05, 0) is 56.6 Å². The molecule has 2 fully saturated rings. The molecule has 2 aliphatic rings. The Morgan fingerprint density at radius 3 is 2.16 bits per heavy atom. The van der Waals surface area contributed by atoms with Crippen LogP contribution >= 0.6 is 12.4 Å². The van der Waals surface area contributed by atoms with E-state index in [0.717, 1.165) is 5.92 Å². The molecule has 0 heterocycles. The molecular weight excluding hydrogens is 256 g/mol. The predicted molar refractivity (Wildman–Crippen MR) is 84.0 cm³/mol. The molecule has 3 rings (SSSR count). The Bertz CT molecular complexity index is 370. The summed E-state index contributed by atoms with van der Waals surface area (Å²) in [7, 11) is 0. The lowest BCUT2D eigenvalue weighted by atomic mass is 9.90. The van der Waals surface area contributed by atoms with E-state index in [-0.39, 0.29) is 12.4 Å². The summed E-state index contributed by atoms with van der Waals surface area (Å²) < 4.78 is 0. The number of rotatable bonds is 4. The fraction of sp³-hybridized carbons (Fsp3) is 0.625. The number of benzene rings is 1. The molecule has 0 amide bonds. The van der Waals surface area contributed by atoms with Gasteiger partial charge in [0, 0.05) is 24.3 Å². The molecule has 0 aliphatic heterocycles. The van der Waals surface area contributed by atoms with E-state index < -0.39 is 0 Å². The van der Waals surface area contributed by atoms with E-state index in [1.165, 1.54) is 50.8 Å². The molecule has 0 spiro atoms. The van der Waals surface area contributed by atoms with Gasteiger partial charge in [-0.2, -0.15) is 0 Å². The van der Waals surface area contributed by atoms with Crippen molar-refractivity contribution >= 4 is 18.1 Å². The van der Waals surface area contributed by atoms with Crippen LogP contribution in [0.2, 0.25) is 0 Å². The summed E-state index contributed by atoms with van der Waals surface area (Å²) >= 11 is 0. The average molecular weight is 281 g/mol. The van der Waals surface area contributed by atoms with Crippen molar-refractivity contribution < 1.29 is 0 Å². The van der Waals surface area contributed by atoms with Gasteiger partial charge in [0.1, 0.15) is 0 Å². The summed E-state index contributed by atoms with van der Waals surface area (Å²) in [6, 6.07) is 12.1. The number of anilines is 1. The van der Waals surface area contributed by atoms with E-state index in [4.69, 9.17) is 5.73 Å². The van der Waals surface area contributed by atoms with Gasteiger partial charge in [-0.25, -0.2) is 0 Å². The summed E-state index contributed by atoms with van der Waals surface area (Å²) in [5.74, 6) is 0.945. The quantitative estimate of drug-likeness (QED) is 0.913. The van der Waals surface area contributed by atoms with Crippen LogP contribution in [0.5, 0.6) is 0 Å². The van der Waals surface area contributed by atoms with E-state index in [2.05, 4.69) is 35.2 Å². The molecule has 1 aromatic rings. The molecule has 106 valence electrons. The minimum Gasteiger partial charge on any atom is -0.368 e. The summed E-state index contributed by atoms with van der Waals surface area (Å²) in [5.41, 5.74) is 7.44. The molecule has 2 aliphatic carbocycles. The number of para-hydroxylation sites is 1. The summed E-state index contributed by atoms with van der Waals surface area (Å²) in [6.45, 7) is 1.25. The van der Waals surface area contributed by atoms with Crippen molar-refractivity contribution in [3.63, 3.8) is 0 Å². The summed E-state index contributed by atoms with van der Waals surface area (Å²) in [4.78, 5) is 2.66. The van der Waals surface area contributed by atoms with Crippen LogP contribution in [0.25, 0.3) is 0 Å². The van der Waals surface area contributed by atoms with Crippen molar-refractivity contribution in [2.45, 2.75) is 50.6 Å². The molecule has 0 aromatic heterocycles. The molecule has 3 heteroatoms. The Labute approximate surface area is 122 Å². The zero-order valence-corrected chi connectivity index (χ0v) is 12.3. The monoisotopic (exact) mass is 280 g/mol. The predicted octanol–water partition coefficient (Wildman–Crippen LogP) is 3.59. The lowest BCUT2D eigenvalue weighted by molar-refractivity contribution is 0.373. The Balaban J connectivity index is 0.00000133. The highest BCUT2D eigenvalue weighted by atomic mass is 35.5. The van der Waals surface area contributed by atoms with Crippen molar-refractivity contribution in [3.05, 3.63) is 30.3 Å². The van der Waals surface area contributed by atoms with Crippen molar-refractivity contribution in [2.75, 3.05) is 11.4 Å². The zero-order chi connectivity index (χ0) is 12.4. The molecule has 0 saturated heterocycles. The second kappa shape index (κ2) is 6.62. The van der Waals surface area contributed by atoms with Crippen LogP contribution in [0.1, 0.15) is 38.5 Å². The zero-order valence-electron chi connectivity index (χ0n) is 11.5. The topological polar surface area (TPSA) is 29.3 Å². The van der Waals surface area contributed by atoms with Crippen molar-refractivity contribution in [2.24, 2.45) is 11.7 Å². The van der Waals surface area contributed by atoms with Crippen LogP contribution < -0.4 is 10.6 Å². The molecule has 0 radical (unpaired) electrons. The van der Waals surface area contributed by atoms with Crippen molar-refractivity contribution in [1.29, 1.82) is 0 Å². The molecule has 1 aromatic carbocycles. The van der Waals surface area contributed by atoms with Crippen LogP contribution in [0, 0.1) is 5.92 Å². The second-order valence-corrected chi connectivity index (χ2v) is 6.00. The van der Waals surface area contributed by atoms with Gasteiger partial charge in [0.2, 0.25) is 0 Å². The fourth-order valence-electron chi connectivity index (χ4n) is 3.08. The molecule has 2 nitrogen and oxygen atoms in total. The minimum absolute atomic E-state index is 0. The maximum atomic E-state index is 6.03. The highest BCUT2D eigenvalue weighted by Gasteiger charge is 2.30. The fourth-order valence-corrected chi connectivity index (χ4v) is 3.08. The van der Waals surface area contributed by atoms with Crippen molar-refractivity contribution in [1.82, 2.24) is 0 Å². The highest BCUT2D eigenvalue weighted by Crippen LogP contribution is 2.34. The first-order valence-electron chi connectivity index (χ1n) is 7.40. The Kier molecular flexibility index (Phi) is 5.12. The first-order valence-corrected chi connectivity index (χ1v) is 7.40. The Morgan fingerprint density at radius 1 is 0.947 bits per heavy atom. The standard InChI is InChI=1S/C16H24N2.ClH/c17-14-8-10-16(11-9-14)18(12-13-6-7-13)15-4-2-1-3-5-15;/h1-5,13-14,16H,6-12,17H2;1H. The van der Waals surface area contributed by atoms with Crippen LogP contribution in [0.15, 0.2) is 30.3 Å². The Morgan fingerprint density at radius 2 is 1.58 bits per heavy atom. The van der Waals surface area contributed by atoms with Gasteiger partial charge >= 0.3 is 0 Å². The molecule has 2 N–H and O–H groups in total. The van der Waals surface area contributed by atoms with Gasteiger partial charge in [-0.3, -0.25) is 0 Å². The lowest BCUT2D eigenvalue weighted by Crippen LogP contribution is -2.42. The van der Waals surface area contributed by atoms with E-state index in [9.17, 15) is 0 Å². The third-order valence-electron chi connectivity index (χ3n) is 4.42. The van der Waals surface area contributed by atoms with Crippen LogP contribution in [0.3, 0.4) is 0 Å². The first kappa shape index (κ1) is 14.7. The van der Waals surface area contributed by atoms with Gasteiger partial charge in [0.15, 0.2) is 0 Å². The van der Waals surface area contributed by atoms with Gasteiger partial charge < -0.3 is 10.6 Å². The van der Waals surface area contributed by atoms with E-state index in [1.54, 1.807) is 0 Å². The van der Waals surface area contributed by atoms with E-state index in [1.807, 2.05) is 0 Å². The summed E-state index contributed by atoms with van der Waals surface area (Å²) in [5, 5.41) is 0. The number of hydrogen-bond acceptors (Lipinski definition) is 2. The normalized spacial score (nSPS) is 26.6. The number of hydrogen-bond donors (Lipinski definition) is 1. The van der Waals surface area contributed by atoms with Crippen LogP contribution in [0.4, 0.5) is 5.69 Å². The van der Waals surface area contributed by atoms with Gasteiger partial charge in [-0.1, -0.05) is 18.2 Å². The number of halogens is 1. The minimum atomic E-state index is 0. The maximum Gasteiger partial charge on any atom is 0.0368 e. The average Bonchev–Trinajstić information content (AvgIpc) is 3.22. The largest absolute Gasteiger partial charge is 0.368 e. The molecule has 0 unspecified atom stereocenters. The third kappa shape index (κ3) is 3.87. The van der Waals surface area contributed by atoms with Crippen LogP contribution in [-0.4, -0.2) is 18.6 Å². The van der Waals surface area contributed by atoms with Crippen molar-refractivity contribution in [3.8, 4) is 0 Å². The molecule has 0 atom stereocenters. The summed E-state index contributed by atoms with van der Waals surface area (Å²) in [6.07, 6.45) is 7.77.